The van der Waals surface area contributed by atoms with Crippen molar-refractivity contribution in [2.75, 3.05) is 37.6 Å². The number of rotatable bonds is 9. The quantitative estimate of drug-likeness (QED) is 0.338. The molecular formula is C30H34Cl2N6O3. The van der Waals surface area contributed by atoms with Crippen LogP contribution in [0.25, 0.3) is 11.3 Å². The van der Waals surface area contributed by atoms with E-state index in [2.05, 4.69) is 31.6 Å². The molecule has 2 bridgehead atoms. The summed E-state index contributed by atoms with van der Waals surface area (Å²) in [5.41, 5.74) is 2.53. The molecule has 1 N–H and O–H groups in total. The number of fused-ring (bicyclic) bond motifs is 2. The molecule has 11 heteroatoms. The van der Waals surface area contributed by atoms with Gasteiger partial charge in [-0.05, 0) is 74.6 Å². The number of carboxylic acids is 1. The predicted octanol–water partition coefficient (Wildman–Crippen LogP) is 5.61. The lowest BCUT2D eigenvalue weighted by atomic mass is 9.93. The van der Waals surface area contributed by atoms with Gasteiger partial charge in [-0.2, -0.15) is 0 Å². The third-order valence-corrected chi connectivity index (χ3v) is 8.89. The summed E-state index contributed by atoms with van der Waals surface area (Å²) in [4.78, 5) is 32.3. The molecular weight excluding hydrogens is 563 g/mol. The van der Waals surface area contributed by atoms with Gasteiger partial charge in [-0.1, -0.05) is 30.1 Å². The molecule has 0 aliphatic carbocycles. The van der Waals surface area contributed by atoms with Crippen molar-refractivity contribution in [1.29, 1.82) is 0 Å². The van der Waals surface area contributed by atoms with Gasteiger partial charge in [0.05, 0.1) is 18.1 Å². The van der Waals surface area contributed by atoms with Crippen LogP contribution in [0.2, 0.25) is 10.0 Å². The molecule has 41 heavy (non-hydrogen) atoms. The Morgan fingerprint density at radius 2 is 1.76 bits per heavy atom. The van der Waals surface area contributed by atoms with Crippen LogP contribution < -0.4 is 9.64 Å². The summed E-state index contributed by atoms with van der Waals surface area (Å²) in [6.07, 6.45) is 6.57. The molecule has 1 aromatic carbocycles. The minimum absolute atomic E-state index is 0.230. The van der Waals surface area contributed by atoms with E-state index >= 15 is 0 Å². The number of hydrogen-bond donors (Lipinski definition) is 1. The fourth-order valence-electron chi connectivity index (χ4n) is 6.42. The average molecular weight is 598 g/mol. The Balaban J connectivity index is 1.20. The summed E-state index contributed by atoms with van der Waals surface area (Å²) in [5, 5.41) is 10.2. The highest BCUT2D eigenvalue weighted by molar-refractivity contribution is 6.35. The van der Waals surface area contributed by atoms with E-state index in [1.54, 1.807) is 18.5 Å². The standard InChI is InChI=1S/C30H34Cl2N6O3/c1-2-37-17-25-13-24(37)18-38(25)30-33-14-26(15-34-30)41-28-8-20(16-36-5-3-19(4-6-36)9-29(39)40)7-27(35-28)21-10-22(31)12-23(32)11-21/h7-8,10-12,14-15,19,24-25H,2-6,9,13,16-18H2,1H3,(H,39,40)/t24-,25-/m0/s1. The van der Waals surface area contributed by atoms with E-state index in [1.165, 1.54) is 6.42 Å². The third-order valence-electron chi connectivity index (χ3n) is 8.45. The van der Waals surface area contributed by atoms with E-state index in [4.69, 9.17) is 38.0 Å². The molecule has 0 spiro atoms. The molecule has 3 aliphatic heterocycles. The van der Waals surface area contributed by atoms with E-state index in [-0.39, 0.29) is 12.3 Å². The topological polar surface area (TPSA) is 94.9 Å². The number of piperidine rings is 1. The number of anilines is 1. The smallest absolute Gasteiger partial charge is 0.303 e. The number of carbonyl (C=O) groups is 1. The van der Waals surface area contributed by atoms with Crippen molar-refractivity contribution in [2.24, 2.45) is 5.92 Å². The minimum Gasteiger partial charge on any atom is -0.481 e. The molecule has 0 unspecified atom stereocenters. The maximum absolute atomic E-state index is 11.1. The van der Waals surface area contributed by atoms with Gasteiger partial charge in [0.2, 0.25) is 11.8 Å². The predicted molar refractivity (Wildman–Crippen MR) is 159 cm³/mol. The van der Waals surface area contributed by atoms with Gasteiger partial charge in [0.25, 0.3) is 0 Å². The summed E-state index contributed by atoms with van der Waals surface area (Å²) < 4.78 is 6.19. The summed E-state index contributed by atoms with van der Waals surface area (Å²) in [6, 6.07) is 10.4. The number of likely N-dealkylation sites (N-methyl/N-ethyl adjacent to an activating group) is 1. The number of hydrogen-bond acceptors (Lipinski definition) is 8. The number of halogens is 2. The first kappa shape index (κ1) is 28.2. The summed E-state index contributed by atoms with van der Waals surface area (Å²) in [6.45, 7) is 7.71. The van der Waals surface area contributed by atoms with Crippen molar-refractivity contribution in [3.8, 4) is 22.9 Å². The molecule has 5 heterocycles. The maximum Gasteiger partial charge on any atom is 0.303 e. The highest BCUT2D eigenvalue weighted by atomic mass is 35.5. The van der Waals surface area contributed by atoms with Crippen LogP contribution in [-0.4, -0.2) is 80.6 Å². The zero-order valence-electron chi connectivity index (χ0n) is 23.0. The number of ether oxygens (including phenoxy) is 1. The van der Waals surface area contributed by atoms with Crippen molar-refractivity contribution in [3.05, 3.63) is 58.3 Å². The monoisotopic (exact) mass is 596 g/mol. The SMILES string of the molecule is CCN1C[C@@H]2C[C@H]1CN2c1ncc(Oc2cc(CN3CCC(CC(=O)O)CC3)cc(-c3cc(Cl)cc(Cl)c3)n2)cn1. The Bertz CT molecular complexity index is 1380. The molecule has 3 fully saturated rings. The molecule has 0 amide bonds. The molecule has 3 saturated heterocycles. The second-order valence-corrected chi connectivity index (χ2v) is 12.2. The van der Waals surface area contributed by atoms with Crippen LogP contribution >= 0.6 is 23.2 Å². The lowest BCUT2D eigenvalue weighted by Gasteiger charge is -2.33. The van der Waals surface area contributed by atoms with Gasteiger partial charge in [-0.25, -0.2) is 15.0 Å². The van der Waals surface area contributed by atoms with Crippen LogP contribution in [0.3, 0.4) is 0 Å². The van der Waals surface area contributed by atoms with E-state index < -0.39 is 5.97 Å². The van der Waals surface area contributed by atoms with E-state index in [1.807, 2.05) is 24.3 Å². The van der Waals surface area contributed by atoms with Gasteiger partial charge in [-0.15, -0.1) is 0 Å². The number of aliphatic carboxylic acids is 1. The normalized spacial score (nSPS) is 21.5. The van der Waals surface area contributed by atoms with Crippen LogP contribution in [0.5, 0.6) is 11.6 Å². The van der Waals surface area contributed by atoms with E-state index in [0.717, 1.165) is 62.6 Å². The van der Waals surface area contributed by atoms with Crippen LogP contribution in [0.15, 0.2) is 42.7 Å². The van der Waals surface area contributed by atoms with E-state index in [9.17, 15) is 4.79 Å². The summed E-state index contributed by atoms with van der Waals surface area (Å²) in [5.74, 6) is 1.19. The third kappa shape index (κ3) is 6.59. The molecule has 216 valence electrons. The molecule has 3 aromatic rings. The molecule has 0 radical (unpaired) electrons. The van der Waals surface area contributed by atoms with Crippen LogP contribution in [-0.2, 0) is 11.3 Å². The highest BCUT2D eigenvalue weighted by Gasteiger charge is 2.43. The first-order chi connectivity index (χ1) is 19.8. The molecule has 2 atom stereocenters. The van der Waals surface area contributed by atoms with Gasteiger partial charge in [-0.3, -0.25) is 14.6 Å². The van der Waals surface area contributed by atoms with Crippen LogP contribution in [0.1, 0.15) is 38.2 Å². The number of pyridine rings is 1. The van der Waals surface area contributed by atoms with Gasteiger partial charge in [0, 0.05) is 59.8 Å². The van der Waals surface area contributed by atoms with E-state index in [0.29, 0.717) is 46.0 Å². The molecule has 3 aliphatic rings. The van der Waals surface area contributed by atoms with Crippen molar-refractivity contribution >= 4 is 35.1 Å². The fourth-order valence-corrected chi connectivity index (χ4v) is 6.94. The second kappa shape index (κ2) is 12.1. The number of piperazine rings is 1. The van der Waals surface area contributed by atoms with Gasteiger partial charge in [0.1, 0.15) is 0 Å². The van der Waals surface area contributed by atoms with Gasteiger partial charge in [0.15, 0.2) is 5.75 Å². The Kier molecular flexibility index (Phi) is 8.30. The van der Waals surface area contributed by atoms with Crippen molar-refractivity contribution < 1.29 is 14.6 Å². The molecule has 2 aromatic heterocycles. The van der Waals surface area contributed by atoms with Gasteiger partial charge < -0.3 is 14.7 Å². The fraction of sp³-hybridized carbons (Fsp3) is 0.467. The number of aromatic nitrogens is 3. The Hall–Kier alpha value is -2.98. The van der Waals surface area contributed by atoms with Crippen molar-refractivity contribution in [1.82, 2.24) is 24.8 Å². The number of nitrogens with zero attached hydrogens (tertiary/aromatic N) is 6. The minimum atomic E-state index is -0.725. The van der Waals surface area contributed by atoms with Gasteiger partial charge >= 0.3 is 5.97 Å². The molecule has 6 rings (SSSR count). The summed E-state index contributed by atoms with van der Waals surface area (Å²) >= 11 is 12.6. The lowest BCUT2D eigenvalue weighted by molar-refractivity contribution is -0.138. The van der Waals surface area contributed by atoms with Crippen molar-refractivity contribution in [3.63, 3.8) is 0 Å². The maximum atomic E-state index is 11.1. The first-order valence-corrected chi connectivity index (χ1v) is 15.0. The number of benzene rings is 1. The number of likely N-dealkylation sites (tertiary alicyclic amines) is 2. The zero-order chi connectivity index (χ0) is 28.5. The molecule has 9 nitrogen and oxygen atoms in total. The number of carboxylic acid groups (broad SMARTS) is 1. The van der Waals surface area contributed by atoms with Crippen molar-refractivity contribution in [2.45, 2.75) is 51.2 Å². The Morgan fingerprint density at radius 1 is 1.02 bits per heavy atom. The molecule has 0 saturated carbocycles. The first-order valence-electron chi connectivity index (χ1n) is 14.2. The zero-order valence-corrected chi connectivity index (χ0v) is 24.6. The van der Waals surface area contributed by atoms with Crippen LogP contribution in [0, 0.1) is 5.92 Å². The summed E-state index contributed by atoms with van der Waals surface area (Å²) in [7, 11) is 0. The average Bonchev–Trinajstić information content (AvgIpc) is 3.55. The highest BCUT2D eigenvalue weighted by Crippen LogP contribution is 2.34. The largest absolute Gasteiger partial charge is 0.481 e. The lowest BCUT2D eigenvalue weighted by Crippen LogP contribution is -2.46. The Labute approximate surface area is 250 Å². The van der Waals surface area contributed by atoms with Crippen LogP contribution in [0.4, 0.5) is 5.95 Å². The second-order valence-electron chi connectivity index (χ2n) is 11.3. The Morgan fingerprint density at radius 3 is 2.39 bits per heavy atom.